The molecular weight excluding hydrogens is 386 g/mol. The largest absolute Gasteiger partial charge is 0.496 e. The summed E-state index contributed by atoms with van der Waals surface area (Å²) in [6.45, 7) is 7.89. The summed E-state index contributed by atoms with van der Waals surface area (Å²) >= 11 is 0. The van der Waals surface area contributed by atoms with Crippen molar-refractivity contribution >= 4 is 15.8 Å². The molecule has 0 aromatic heterocycles. The zero-order valence-corrected chi connectivity index (χ0v) is 18.6. The van der Waals surface area contributed by atoms with Gasteiger partial charge in [0.2, 0.25) is 0 Å². The lowest BCUT2D eigenvalue weighted by Crippen LogP contribution is -2.39. The Kier molecular flexibility index (Phi) is 8.08. The molecule has 0 aliphatic heterocycles. The minimum atomic E-state index is -3.21. The van der Waals surface area contributed by atoms with E-state index in [1.807, 2.05) is 44.2 Å². The molecule has 0 aliphatic carbocycles. The summed E-state index contributed by atoms with van der Waals surface area (Å²) in [6, 6.07) is 13.4. The van der Waals surface area contributed by atoms with Crippen molar-refractivity contribution < 1.29 is 13.2 Å². The average molecular weight is 418 g/mol. The van der Waals surface area contributed by atoms with Crippen molar-refractivity contribution in [3.8, 4) is 5.75 Å². The van der Waals surface area contributed by atoms with Gasteiger partial charge >= 0.3 is 0 Å². The first kappa shape index (κ1) is 22.7. The van der Waals surface area contributed by atoms with E-state index in [0.717, 1.165) is 34.9 Å². The van der Waals surface area contributed by atoms with Gasteiger partial charge in [-0.15, -0.1) is 0 Å². The van der Waals surface area contributed by atoms with Crippen LogP contribution in [0.4, 0.5) is 0 Å². The first-order valence-corrected chi connectivity index (χ1v) is 11.6. The quantitative estimate of drug-likeness (QED) is 0.509. The molecular formula is C22H31N3O3S. The monoisotopic (exact) mass is 417 g/mol. The van der Waals surface area contributed by atoms with Crippen LogP contribution in [0.2, 0.25) is 0 Å². The second kappa shape index (κ2) is 10.3. The SMILES string of the molecule is CCNC(=NCc1ccc(S(C)(=O)=O)c(C)c1)NCC(C)c1ccccc1OC. The Balaban J connectivity index is 2.07. The van der Waals surface area contributed by atoms with Crippen LogP contribution in [0.15, 0.2) is 52.4 Å². The van der Waals surface area contributed by atoms with E-state index in [9.17, 15) is 8.42 Å². The maximum atomic E-state index is 11.8. The van der Waals surface area contributed by atoms with Crippen molar-refractivity contribution in [2.75, 3.05) is 26.5 Å². The van der Waals surface area contributed by atoms with E-state index >= 15 is 0 Å². The fourth-order valence-corrected chi connectivity index (χ4v) is 4.13. The number of ether oxygens (including phenoxy) is 1. The number of rotatable bonds is 8. The maximum Gasteiger partial charge on any atom is 0.191 e. The molecule has 0 bridgehead atoms. The highest BCUT2D eigenvalue weighted by Gasteiger charge is 2.12. The molecule has 0 fully saturated rings. The third-order valence-electron chi connectivity index (χ3n) is 4.65. The van der Waals surface area contributed by atoms with Crippen molar-refractivity contribution in [2.45, 2.75) is 38.1 Å². The molecule has 1 unspecified atom stereocenters. The molecule has 0 radical (unpaired) electrons. The highest BCUT2D eigenvalue weighted by molar-refractivity contribution is 7.90. The van der Waals surface area contributed by atoms with Crippen LogP contribution in [-0.2, 0) is 16.4 Å². The maximum absolute atomic E-state index is 11.8. The Morgan fingerprint density at radius 1 is 1.17 bits per heavy atom. The van der Waals surface area contributed by atoms with Gasteiger partial charge in [-0.05, 0) is 42.7 Å². The van der Waals surface area contributed by atoms with Crippen LogP contribution in [0.1, 0.15) is 36.5 Å². The molecule has 158 valence electrons. The molecule has 2 aromatic carbocycles. The van der Waals surface area contributed by atoms with Gasteiger partial charge in [0, 0.05) is 25.3 Å². The number of hydrogen-bond donors (Lipinski definition) is 2. The fourth-order valence-electron chi connectivity index (χ4n) is 3.17. The first-order chi connectivity index (χ1) is 13.8. The van der Waals surface area contributed by atoms with Crippen LogP contribution in [0.25, 0.3) is 0 Å². The molecule has 0 amide bonds. The number of hydrogen-bond acceptors (Lipinski definition) is 4. The number of aliphatic imine (C=N–C) groups is 1. The molecule has 0 aliphatic rings. The van der Waals surface area contributed by atoms with E-state index in [-0.39, 0.29) is 5.92 Å². The number of benzene rings is 2. The van der Waals surface area contributed by atoms with Gasteiger partial charge in [-0.2, -0.15) is 0 Å². The molecule has 0 saturated carbocycles. The summed E-state index contributed by atoms with van der Waals surface area (Å²) in [5.41, 5.74) is 2.85. The van der Waals surface area contributed by atoms with Gasteiger partial charge in [0.25, 0.3) is 0 Å². The van der Waals surface area contributed by atoms with E-state index in [0.29, 0.717) is 18.0 Å². The molecule has 2 N–H and O–H groups in total. The minimum Gasteiger partial charge on any atom is -0.496 e. The van der Waals surface area contributed by atoms with Crippen molar-refractivity contribution in [3.63, 3.8) is 0 Å². The Morgan fingerprint density at radius 3 is 2.52 bits per heavy atom. The van der Waals surface area contributed by atoms with Crippen molar-refractivity contribution in [3.05, 3.63) is 59.2 Å². The van der Waals surface area contributed by atoms with E-state index in [4.69, 9.17) is 4.74 Å². The predicted octanol–water partition coefficient (Wildman–Crippen LogP) is 3.27. The minimum absolute atomic E-state index is 0.242. The van der Waals surface area contributed by atoms with Crippen molar-refractivity contribution in [1.29, 1.82) is 0 Å². The van der Waals surface area contributed by atoms with Gasteiger partial charge in [-0.1, -0.05) is 37.3 Å². The van der Waals surface area contributed by atoms with Gasteiger partial charge in [0.05, 0.1) is 18.6 Å². The van der Waals surface area contributed by atoms with Crippen LogP contribution in [-0.4, -0.2) is 40.8 Å². The lowest BCUT2D eigenvalue weighted by Gasteiger charge is -2.18. The number of nitrogens with one attached hydrogen (secondary N) is 2. The Hall–Kier alpha value is -2.54. The Bertz CT molecular complexity index is 956. The van der Waals surface area contributed by atoms with E-state index in [2.05, 4.69) is 28.6 Å². The van der Waals surface area contributed by atoms with Gasteiger partial charge in [-0.3, -0.25) is 0 Å². The average Bonchev–Trinajstić information content (AvgIpc) is 2.68. The first-order valence-electron chi connectivity index (χ1n) is 9.71. The van der Waals surface area contributed by atoms with Crippen molar-refractivity contribution in [1.82, 2.24) is 10.6 Å². The lowest BCUT2D eigenvalue weighted by molar-refractivity contribution is 0.406. The number of sulfone groups is 1. The second-order valence-corrected chi connectivity index (χ2v) is 9.08. The lowest BCUT2D eigenvalue weighted by atomic mass is 10.0. The zero-order chi connectivity index (χ0) is 21.4. The Morgan fingerprint density at radius 2 is 1.90 bits per heavy atom. The van der Waals surface area contributed by atoms with E-state index in [1.165, 1.54) is 6.26 Å². The summed E-state index contributed by atoms with van der Waals surface area (Å²) < 4.78 is 29.0. The third-order valence-corrected chi connectivity index (χ3v) is 5.91. The summed E-state index contributed by atoms with van der Waals surface area (Å²) in [4.78, 5) is 5.00. The van der Waals surface area contributed by atoms with E-state index < -0.39 is 9.84 Å². The molecule has 29 heavy (non-hydrogen) atoms. The highest BCUT2D eigenvalue weighted by Crippen LogP contribution is 2.25. The molecule has 0 spiro atoms. The number of nitrogens with zero attached hydrogens (tertiary/aromatic N) is 1. The smallest absolute Gasteiger partial charge is 0.191 e. The normalized spacial score (nSPS) is 13.1. The van der Waals surface area contributed by atoms with Crippen molar-refractivity contribution in [2.24, 2.45) is 4.99 Å². The van der Waals surface area contributed by atoms with Crippen LogP contribution in [0.5, 0.6) is 5.75 Å². The number of aryl methyl sites for hydroxylation is 1. The number of methoxy groups -OCH3 is 1. The fraction of sp³-hybridized carbons (Fsp3) is 0.409. The van der Waals surface area contributed by atoms with Crippen LogP contribution in [0.3, 0.4) is 0 Å². The topological polar surface area (TPSA) is 79.8 Å². The van der Waals surface area contributed by atoms with E-state index in [1.54, 1.807) is 13.2 Å². The molecule has 0 saturated heterocycles. The van der Waals surface area contributed by atoms with Gasteiger partial charge in [-0.25, -0.2) is 13.4 Å². The van der Waals surface area contributed by atoms with Gasteiger partial charge in [0.15, 0.2) is 15.8 Å². The van der Waals surface area contributed by atoms with Crippen LogP contribution < -0.4 is 15.4 Å². The number of para-hydroxylation sites is 1. The standard InChI is InChI=1S/C22H31N3O3S/c1-6-23-22(24-14-17(3)19-9-7-8-10-20(19)28-4)25-15-18-11-12-21(16(2)13-18)29(5,26)27/h7-13,17H,6,14-15H2,1-5H3,(H2,23,24,25). The van der Waals surface area contributed by atoms with Crippen LogP contribution in [0, 0.1) is 6.92 Å². The Labute approximate surface area is 174 Å². The van der Waals surface area contributed by atoms with Gasteiger partial charge in [0.1, 0.15) is 5.75 Å². The summed E-state index contributed by atoms with van der Waals surface area (Å²) in [5.74, 6) is 1.84. The molecule has 0 heterocycles. The summed E-state index contributed by atoms with van der Waals surface area (Å²) in [6.07, 6.45) is 1.23. The predicted molar refractivity (Wildman–Crippen MR) is 119 cm³/mol. The molecule has 2 aromatic rings. The summed E-state index contributed by atoms with van der Waals surface area (Å²) in [5, 5.41) is 6.63. The third kappa shape index (κ3) is 6.49. The highest BCUT2D eigenvalue weighted by atomic mass is 32.2. The van der Waals surface area contributed by atoms with Gasteiger partial charge < -0.3 is 15.4 Å². The van der Waals surface area contributed by atoms with Crippen LogP contribution >= 0.6 is 0 Å². The molecule has 7 heteroatoms. The number of guanidine groups is 1. The zero-order valence-electron chi connectivity index (χ0n) is 17.8. The molecule has 6 nitrogen and oxygen atoms in total. The summed E-state index contributed by atoms with van der Waals surface area (Å²) in [7, 11) is -1.53. The molecule has 2 rings (SSSR count). The second-order valence-electron chi connectivity index (χ2n) is 7.09. The molecule has 1 atom stereocenters.